The summed E-state index contributed by atoms with van der Waals surface area (Å²) in [5.74, 6) is 2.19. The summed E-state index contributed by atoms with van der Waals surface area (Å²) in [4.78, 5) is 15.5. The third-order valence-electron chi connectivity index (χ3n) is 7.49. The highest BCUT2D eigenvalue weighted by Crippen LogP contribution is 2.36. The number of anilines is 1. The van der Waals surface area contributed by atoms with Crippen molar-refractivity contribution in [2.45, 2.75) is 44.6 Å². The van der Waals surface area contributed by atoms with E-state index >= 15 is 0 Å². The number of rotatable bonds is 3. The number of nitrogens with zero attached hydrogens (tertiary/aromatic N) is 1. The van der Waals surface area contributed by atoms with Crippen LogP contribution in [0.25, 0.3) is 0 Å². The molecule has 5 nitrogen and oxygen atoms in total. The first-order valence-electron chi connectivity index (χ1n) is 12.3. The molecule has 0 aliphatic carbocycles. The van der Waals surface area contributed by atoms with Crippen LogP contribution in [-0.2, 0) is 16.1 Å². The van der Waals surface area contributed by atoms with Gasteiger partial charge in [0.05, 0.1) is 12.3 Å². The topological polar surface area (TPSA) is 50.8 Å². The minimum absolute atomic E-state index is 0.0976. The van der Waals surface area contributed by atoms with Crippen molar-refractivity contribution < 1.29 is 14.3 Å². The lowest BCUT2D eigenvalue weighted by Crippen LogP contribution is -2.42. The van der Waals surface area contributed by atoms with Gasteiger partial charge in [0.2, 0.25) is 5.91 Å². The number of carbonyl (C=O) groups is 1. The molecule has 0 aromatic heterocycles. The second-order valence-corrected chi connectivity index (χ2v) is 10.1. The third-order valence-corrected chi connectivity index (χ3v) is 7.86. The molecule has 2 aromatic carbocycles. The molecule has 2 saturated heterocycles. The van der Waals surface area contributed by atoms with Crippen molar-refractivity contribution in [2.24, 2.45) is 11.8 Å². The predicted octanol–water partition coefficient (Wildman–Crippen LogP) is 5.48. The van der Waals surface area contributed by atoms with Crippen LogP contribution < -0.4 is 10.1 Å². The Bertz CT molecular complexity index is 976. The molecular formula is C27H33ClN2O3. The molecule has 5 rings (SSSR count). The normalized spacial score (nSPS) is 24.8. The molecule has 3 heterocycles. The Morgan fingerprint density at radius 3 is 2.70 bits per heavy atom. The molecule has 2 atom stereocenters. The summed E-state index contributed by atoms with van der Waals surface area (Å²) >= 11 is 6.39. The van der Waals surface area contributed by atoms with Gasteiger partial charge in [0.15, 0.2) is 0 Å². The van der Waals surface area contributed by atoms with Crippen LogP contribution in [0.4, 0.5) is 5.69 Å². The molecule has 3 aliphatic heterocycles. The average Bonchev–Trinajstić information content (AvgIpc) is 2.83. The zero-order valence-electron chi connectivity index (χ0n) is 19.1. The zero-order chi connectivity index (χ0) is 22.6. The predicted molar refractivity (Wildman–Crippen MR) is 131 cm³/mol. The van der Waals surface area contributed by atoms with E-state index in [1.54, 1.807) is 0 Å². The molecule has 0 spiro atoms. The maximum Gasteiger partial charge on any atom is 0.224 e. The highest BCUT2D eigenvalue weighted by molar-refractivity contribution is 6.31. The zero-order valence-corrected chi connectivity index (χ0v) is 19.9. The standard InChI is InChI=1S/C27H33ClN2O3/c28-24-4-2-1-3-23(24)18-30-11-7-21-16-27(31)29-25-15-20(19-8-12-32-13-9-19)5-6-26(25)33-14-10-22(21)17-30/h1-6,15,19,21-22H,7-14,16-18H2,(H,29,31)/t21-,22-/m0/s1. The number of likely N-dealkylation sites (tertiary alicyclic amines) is 1. The molecule has 2 fully saturated rings. The van der Waals surface area contributed by atoms with Gasteiger partial charge in [0, 0.05) is 37.7 Å². The maximum absolute atomic E-state index is 13.0. The Balaban J connectivity index is 1.27. The fourth-order valence-corrected chi connectivity index (χ4v) is 5.77. The molecule has 0 unspecified atom stereocenters. The fourth-order valence-electron chi connectivity index (χ4n) is 5.58. The van der Waals surface area contributed by atoms with E-state index in [-0.39, 0.29) is 5.91 Å². The monoisotopic (exact) mass is 468 g/mol. The second-order valence-electron chi connectivity index (χ2n) is 9.67. The molecule has 1 N–H and O–H groups in total. The molecule has 2 aromatic rings. The van der Waals surface area contributed by atoms with Gasteiger partial charge in [-0.15, -0.1) is 0 Å². The van der Waals surface area contributed by atoms with Crippen LogP contribution in [0.3, 0.4) is 0 Å². The van der Waals surface area contributed by atoms with Gasteiger partial charge in [-0.05, 0) is 79.3 Å². The Kier molecular flexibility index (Phi) is 7.19. The number of hydrogen-bond donors (Lipinski definition) is 1. The van der Waals surface area contributed by atoms with Gasteiger partial charge < -0.3 is 14.8 Å². The maximum atomic E-state index is 13.0. The molecule has 3 aliphatic rings. The van der Waals surface area contributed by atoms with Crippen LogP contribution in [-0.4, -0.2) is 43.7 Å². The largest absolute Gasteiger partial charge is 0.491 e. The smallest absolute Gasteiger partial charge is 0.224 e. The third kappa shape index (κ3) is 5.53. The Morgan fingerprint density at radius 2 is 1.85 bits per heavy atom. The van der Waals surface area contributed by atoms with E-state index in [9.17, 15) is 4.79 Å². The first kappa shape index (κ1) is 22.7. The molecule has 6 heteroatoms. The SMILES string of the molecule is O=C1C[C@@H]2CCN(Cc3ccccc3Cl)C[C@@H]2CCOc2ccc(C3CCOCC3)cc2N1. The number of benzene rings is 2. The van der Waals surface area contributed by atoms with Crippen LogP contribution >= 0.6 is 11.6 Å². The number of amides is 1. The quantitative estimate of drug-likeness (QED) is 0.647. The summed E-state index contributed by atoms with van der Waals surface area (Å²) in [6, 6.07) is 14.4. The van der Waals surface area contributed by atoms with Crippen molar-refractivity contribution in [1.29, 1.82) is 0 Å². The molecule has 0 saturated carbocycles. The van der Waals surface area contributed by atoms with Gasteiger partial charge >= 0.3 is 0 Å². The van der Waals surface area contributed by atoms with E-state index in [4.69, 9.17) is 21.1 Å². The van der Waals surface area contributed by atoms with Crippen LogP contribution in [0.2, 0.25) is 5.02 Å². The Morgan fingerprint density at radius 1 is 1.00 bits per heavy atom. The van der Waals surface area contributed by atoms with E-state index in [1.165, 1.54) is 11.1 Å². The van der Waals surface area contributed by atoms with Crippen molar-refractivity contribution in [2.75, 3.05) is 38.2 Å². The molecule has 1 amide bonds. The number of nitrogens with one attached hydrogen (secondary N) is 1. The Hall–Kier alpha value is -2.08. The minimum atomic E-state index is 0.0976. The lowest BCUT2D eigenvalue weighted by molar-refractivity contribution is -0.118. The van der Waals surface area contributed by atoms with Crippen molar-refractivity contribution in [3.05, 3.63) is 58.6 Å². The number of fused-ring (bicyclic) bond motifs is 2. The van der Waals surface area contributed by atoms with Gasteiger partial charge in [-0.1, -0.05) is 35.9 Å². The van der Waals surface area contributed by atoms with E-state index < -0.39 is 0 Å². The van der Waals surface area contributed by atoms with E-state index in [1.807, 2.05) is 24.3 Å². The Labute approximate surface area is 201 Å². The summed E-state index contributed by atoms with van der Waals surface area (Å²) in [5, 5.41) is 4.00. The van der Waals surface area contributed by atoms with Crippen LogP contribution in [0.15, 0.2) is 42.5 Å². The first-order chi connectivity index (χ1) is 16.2. The number of piperidine rings is 1. The van der Waals surface area contributed by atoms with Crippen LogP contribution in [0.5, 0.6) is 5.75 Å². The van der Waals surface area contributed by atoms with Crippen LogP contribution in [0, 0.1) is 11.8 Å². The molecule has 0 bridgehead atoms. The van der Waals surface area contributed by atoms with Crippen molar-refractivity contribution in [3.8, 4) is 5.75 Å². The van der Waals surface area contributed by atoms with Crippen molar-refractivity contribution >= 4 is 23.2 Å². The van der Waals surface area contributed by atoms with Crippen LogP contribution in [0.1, 0.15) is 49.1 Å². The van der Waals surface area contributed by atoms with E-state index in [0.29, 0.717) is 30.8 Å². The highest BCUT2D eigenvalue weighted by atomic mass is 35.5. The average molecular weight is 469 g/mol. The second kappa shape index (κ2) is 10.5. The summed E-state index contributed by atoms with van der Waals surface area (Å²) < 4.78 is 11.7. The van der Waals surface area contributed by atoms with E-state index in [0.717, 1.165) is 75.0 Å². The van der Waals surface area contributed by atoms with E-state index in [2.05, 4.69) is 28.4 Å². The van der Waals surface area contributed by atoms with Gasteiger partial charge in [-0.3, -0.25) is 9.69 Å². The van der Waals surface area contributed by atoms with Gasteiger partial charge in [0.1, 0.15) is 5.75 Å². The van der Waals surface area contributed by atoms with Crippen molar-refractivity contribution in [3.63, 3.8) is 0 Å². The fraction of sp³-hybridized carbons (Fsp3) is 0.519. The summed E-state index contributed by atoms with van der Waals surface area (Å²) in [5.41, 5.74) is 3.25. The summed E-state index contributed by atoms with van der Waals surface area (Å²) in [6.45, 7) is 5.10. The number of ether oxygens (including phenoxy) is 2. The molecular weight excluding hydrogens is 436 g/mol. The highest BCUT2D eigenvalue weighted by Gasteiger charge is 2.32. The number of hydrogen-bond acceptors (Lipinski definition) is 4. The lowest BCUT2D eigenvalue weighted by atomic mass is 9.81. The van der Waals surface area contributed by atoms with Gasteiger partial charge in [0.25, 0.3) is 0 Å². The van der Waals surface area contributed by atoms with Gasteiger partial charge in [-0.2, -0.15) is 0 Å². The number of carbonyl (C=O) groups excluding carboxylic acids is 1. The summed E-state index contributed by atoms with van der Waals surface area (Å²) in [6.07, 6.45) is 4.62. The van der Waals surface area contributed by atoms with Gasteiger partial charge in [-0.25, -0.2) is 0 Å². The number of halogens is 1. The minimum Gasteiger partial charge on any atom is -0.491 e. The first-order valence-corrected chi connectivity index (χ1v) is 12.6. The molecule has 33 heavy (non-hydrogen) atoms. The molecule has 0 radical (unpaired) electrons. The lowest BCUT2D eigenvalue weighted by Gasteiger charge is -2.39. The van der Waals surface area contributed by atoms with Crippen molar-refractivity contribution in [1.82, 2.24) is 4.90 Å². The molecule has 176 valence electrons. The summed E-state index contributed by atoms with van der Waals surface area (Å²) in [7, 11) is 0.